The molecule has 0 spiro atoms. The van der Waals surface area contributed by atoms with E-state index in [-0.39, 0.29) is 5.57 Å². The molecule has 0 saturated carbocycles. The number of aromatic nitrogens is 4. The van der Waals surface area contributed by atoms with E-state index in [2.05, 4.69) is 20.6 Å². The lowest BCUT2D eigenvalue weighted by Crippen LogP contribution is -2.44. The van der Waals surface area contributed by atoms with Crippen molar-refractivity contribution in [2.45, 2.75) is 25.7 Å². The number of carboxylic acids is 2. The molecule has 1 aliphatic rings. The van der Waals surface area contributed by atoms with Gasteiger partial charge in [-0.1, -0.05) is 68.0 Å². The number of H-pyrrole nitrogens is 1. The van der Waals surface area contributed by atoms with Crippen LogP contribution in [0.3, 0.4) is 0 Å². The lowest BCUT2D eigenvalue weighted by molar-refractivity contribution is -0.143. The van der Waals surface area contributed by atoms with Gasteiger partial charge in [-0.15, -0.1) is 5.10 Å². The highest BCUT2D eigenvalue weighted by Crippen LogP contribution is 2.45. The zero-order valence-electron chi connectivity index (χ0n) is 17.6. The van der Waals surface area contributed by atoms with Crippen molar-refractivity contribution in [3.63, 3.8) is 0 Å². The second-order valence-electron chi connectivity index (χ2n) is 7.75. The molecule has 0 fully saturated rings. The third-order valence-corrected chi connectivity index (χ3v) is 6.10. The monoisotopic (exact) mass is 430 g/mol. The molecule has 32 heavy (non-hydrogen) atoms. The summed E-state index contributed by atoms with van der Waals surface area (Å²) in [5.41, 5.74) is 2.02. The van der Waals surface area contributed by atoms with Crippen LogP contribution in [-0.4, -0.2) is 42.8 Å². The van der Waals surface area contributed by atoms with Gasteiger partial charge >= 0.3 is 11.9 Å². The summed E-state index contributed by atoms with van der Waals surface area (Å²) in [6.45, 7) is 3.51. The fourth-order valence-corrected chi connectivity index (χ4v) is 4.32. The molecule has 1 heterocycles. The summed E-state index contributed by atoms with van der Waals surface area (Å²) < 4.78 is 0. The number of aromatic amines is 1. The predicted octanol–water partition coefficient (Wildman–Crippen LogP) is 3.85. The van der Waals surface area contributed by atoms with E-state index >= 15 is 0 Å². The summed E-state index contributed by atoms with van der Waals surface area (Å²) in [6.07, 6.45) is 3.76. The van der Waals surface area contributed by atoms with Crippen LogP contribution in [0.4, 0.5) is 0 Å². The first-order chi connectivity index (χ1) is 15.4. The Bertz CT molecular complexity index is 1230. The minimum absolute atomic E-state index is 0.0711. The Hall–Kier alpha value is -4.07. The average molecular weight is 430 g/mol. The molecule has 0 radical (unpaired) electrons. The minimum Gasteiger partial charge on any atom is -0.480 e. The summed E-state index contributed by atoms with van der Waals surface area (Å²) in [6, 6.07) is 14.9. The maximum absolute atomic E-state index is 12.8. The SMILES string of the molecule is CCC1=CC(C(=O)O)(c2ccc(-c3ccccc3)c(-c3nnn[nH]3)c2)C(C)C(C(=O)O)=C1. The second kappa shape index (κ2) is 8.22. The van der Waals surface area contributed by atoms with E-state index in [0.717, 1.165) is 11.1 Å². The van der Waals surface area contributed by atoms with Gasteiger partial charge in [0.2, 0.25) is 0 Å². The fourth-order valence-electron chi connectivity index (χ4n) is 4.32. The van der Waals surface area contributed by atoms with Crippen LogP contribution in [0.2, 0.25) is 0 Å². The lowest BCUT2D eigenvalue weighted by atomic mass is 9.64. The summed E-state index contributed by atoms with van der Waals surface area (Å²) >= 11 is 0. The maximum Gasteiger partial charge on any atom is 0.331 e. The normalized spacial score (nSPS) is 20.4. The average Bonchev–Trinajstić information content (AvgIpc) is 3.34. The van der Waals surface area contributed by atoms with Gasteiger partial charge in [0.05, 0.1) is 0 Å². The molecule has 8 heteroatoms. The number of carbonyl (C=O) groups is 2. The fraction of sp³-hybridized carbons (Fsp3) is 0.208. The highest BCUT2D eigenvalue weighted by Gasteiger charge is 2.48. The van der Waals surface area contributed by atoms with Crippen molar-refractivity contribution in [1.82, 2.24) is 20.6 Å². The van der Waals surface area contributed by atoms with Crippen LogP contribution < -0.4 is 0 Å². The first kappa shape index (κ1) is 21.2. The number of nitrogens with one attached hydrogen (secondary N) is 1. The number of hydrogen-bond acceptors (Lipinski definition) is 5. The van der Waals surface area contributed by atoms with Gasteiger partial charge in [0.25, 0.3) is 0 Å². The van der Waals surface area contributed by atoms with Crippen LogP contribution in [0, 0.1) is 5.92 Å². The second-order valence-corrected chi connectivity index (χ2v) is 7.75. The number of allylic oxidation sites excluding steroid dienone is 2. The van der Waals surface area contributed by atoms with Crippen molar-refractivity contribution in [3.8, 4) is 22.5 Å². The quantitative estimate of drug-likeness (QED) is 0.541. The lowest BCUT2D eigenvalue weighted by Gasteiger charge is -2.37. The molecule has 3 N–H and O–H groups in total. The van der Waals surface area contributed by atoms with Crippen LogP contribution >= 0.6 is 0 Å². The first-order valence-electron chi connectivity index (χ1n) is 10.2. The number of tetrazole rings is 1. The van der Waals surface area contributed by atoms with Crippen LogP contribution in [0.15, 0.2) is 71.8 Å². The molecule has 1 aromatic heterocycles. The zero-order chi connectivity index (χ0) is 22.9. The van der Waals surface area contributed by atoms with E-state index in [0.29, 0.717) is 28.9 Å². The Labute approximate surface area is 184 Å². The smallest absolute Gasteiger partial charge is 0.331 e. The van der Waals surface area contributed by atoms with Crippen molar-refractivity contribution >= 4 is 11.9 Å². The summed E-state index contributed by atoms with van der Waals surface area (Å²) in [7, 11) is 0. The highest BCUT2D eigenvalue weighted by molar-refractivity contribution is 5.95. The van der Waals surface area contributed by atoms with Gasteiger partial charge in [-0.3, -0.25) is 4.79 Å². The Morgan fingerprint density at radius 1 is 1.09 bits per heavy atom. The number of carboxylic acid groups (broad SMARTS) is 2. The number of aliphatic carboxylic acids is 2. The molecule has 0 saturated heterocycles. The Morgan fingerprint density at radius 3 is 2.44 bits per heavy atom. The van der Waals surface area contributed by atoms with Crippen LogP contribution in [0.25, 0.3) is 22.5 Å². The van der Waals surface area contributed by atoms with Crippen LogP contribution in [0.1, 0.15) is 25.8 Å². The molecule has 4 rings (SSSR count). The van der Waals surface area contributed by atoms with E-state index in [1.807, 2.05) is 43.3 Å². The molecule has 0 bridgehead atoms. The Morgan fingerprint density at radius 2 is 1.84 bits per heavy atom. The molecule has 0 amide bonds. The summed E-state index contributed by atoms with van der Waals surface area (Å²) in [4.78, 5) is 24.7. The maximum atomic E-state index is 12.8. The van der Waals surface area contributed by atoms with Gasteiger partial charge in [-0.25, -0.2) is 9.89 Å². The highest BCUT2D eigenvalue weighted by atomic mass is 16.4. The van der Waals surface area contributed by atoms with Crippen molar-refractivity contribution in [2.75, 3.05) is 0 Å². The van der Waals surface area contributed by atoms with Gasteiger partial charge in [0, 0.05) is 17.1 Å². The van der Waals surface area contributed by atoms with Crippen LogP contribution in [-0.2, 0) is 15.0 Å². The van der Waals surface area contributed by atoms with Crippen molar-refractivity contribution < 1.29 is 19.8 Å². The minimum atomic E-state index is -1.55. The van der Waals surface area contributed by atoms with E-state index in [1.165, 1.54) is 0 Å². The Balaban J connectivity index is 1.98. The first-order valence-corrected chi connectivity index (χ1v) is 10.2. The number of nitrogens with zero attached hydrogens (tertiary/aromatic N) is 3. The number of benzene rings is 2. The van der Waals surface area contributed by atoms with Gasteiger partial charge in [0.1, 0.15) is 5.41 Å². The third kappa shape index (κ3) is 3.39. The summed E-state index contributed by atoms with van der Waals surface area (Å²) in [5, 5.41) is 34.3. The van der Waals surface area contributed by atoms with Gasteiger partial charge in [-0.05, 0) is 45.7 Å². The molecule has 2 unspecified atom stereocenters. The number of hydrogen-bond donors (Lipinski definition) is 3. The van der Waals surface area contributed by atoms with Crippen molar-refractivity contribution in [1.29, 1.82) is 0 Å². The topological polar surface area (TPSA) is 129 Å². The standard InChI is InChI=1S/C24H22N4O4/c1-3-15-11-19(22(29)30)14(2)24(13-15,23(31)32)17-9-10-18(16-7-5-4-6-8-16)20(12-17)21-25-27-28-26-21/h4-14H,3H2,1-2H3,(H,29,30)(H,31,32)(H,25,26,27,28). The molecule has 0 aliphatic heterocycles. The third-order valence-electron chi connectivity index (χ3n) is 6.10. The van der Waals surface area contributed by atoms with Crippen molar-refractivity contribution in [3.05, 3.63) is 77.4 Å². The van der Waals surface area contributed by atoms with Gasteiger partial charge in [-0.2, -0.15) is 0 Å². The molecule has 3 aromatic rings. The molecule has 162 valence electrons. The summed E-state index contributed by atoms with van der Waals surface area (Å²) in [5.74, 6) is -2.64. The van der Waals surface area contributed by atoms with E-state index in [9.17, 15) is 19.8 Å². The molecular formula is C24H22N4O4. The van der Waals surface area contributed by atoms with Crippen molar-refractivity contribution in [2.24, 2.45) is 5.92 Å². The largest absolute Gasteiger partial charge is 0.480 e. The van der Waals surface area contributed by atoms with Gasteiger partial charge < -0.3 is 10.2 Å². The predicted molar refractivity (Wildman–Crippen MR) is 118 cm³/mol. The number of rotatable bonds is 6. The molecule has 8 nitrogen and oxygen atoms in total. The van der Waals surface area contributed by atoms with Crippen LogP contribution in [0.5, 0.6) is 0 Å². The van der Waals surface area contributed by atoms with E-state index < -0.39 is 23.3 Å². The molecule has 1 aliphatic carbocycles. The molecule has 2 aromatic carbocycles. The van der Waals surface area contributed by atoms with E-state index in [1.54, 1.807) is 31.2 Å². The Kier molecular flexibility index (Phi) is 5.44. The van der Waals surface area contributed by atoms with Gasteiger partial charge in [0.15, 0.2) is 5.82 Å². The zero-order valence-corrected chi connectivity index (χ0v) is 17.6. The molecule has 2 atom stereocenters. The van der Waals surface area contributed by atoms with E-state index in [4.69, 9.17) is 0 Å². The molecular weight excluding hydrogens is 408 g/mol.